The summed E-state index contributed by atoms with van der Waals surface area (Å²) >= 11 is 0. The quantitative estimate of drug-likeness (QED) is 0.353. The summed E-state index contributed by atoms with van der Waals surface area (Å²) in [7, 11) is 0. The normalized spacial score (nSPS) is 12.8. The van der Waals surface area contributed by atoms with Crippen LogP contribution in [0.3, 0.4) is 0 Å². The molecule has 2 heterocycles. The average molecular weight is 487 g/mol. The van der Waals surface area contributed by atoms with Gasteiger partial charge in [-0.05, 0) is 24.6 Å². The van der Waals surface area contributed by atoms with E-state index >= 15 is 0 Å². The van der Waals surface area contributed by atoms with Crippen LogP contribution in [0.5, 0.6) is 11.5 Å². The molecule has 0 atom stereocenters. The van der Waals surface area contributed by atoms with Crippen molar-refractivity contribution in [3.05, 3.63) is 35.5 Å². The van der Waals surface area contributed by atoms with Gasteiger partial charge in [-0.15, -0.1) is 24.0 Å². The van der Waals surface area contributed by atoms with Crippen molar-refractivity contribution in [1.29, 1.82) is 0 Å². The Morgan fingerprint density at radius 2 is 2.04 bits per heavy atom. The van der Waals surface area contributed by atoms with E-state index in [4.69, 9.17) is 14.0 Å². The van der Waals surface area contributed by atoms with Crippen molar-refractivity contribution in [2.24, 2.45) is 4.99 Å². The molecule has 8 nitrogen and oxygen atoms in total. The molecule has 0 unspecified atom stereocenters. The zero-order valence-electron chi connectivity index (χ0n) is 15.8. The molecule has 0 fully saturated rings. The summed E-state index contributed by atoms with van der Waals surface area (Å²) in [6.45, 7) is 8.38. The van der Waals surface area contributed by atoms with Gasteiger partial charge in [-0.3, -0.25) is 0 Å². The fraction of sp³-hybridized carbons (Fsp3) is 0.500. The van der Waals surface area contributed by atoms with Crippen LogP contribution in [0, 0.1) is 0 Å². The summed E-state index contributed by atoms with van der Waals surface area (Å²) in [6, 6.07) is 5.86. The first-order valence-corrected chi connectivity index (χ1v) is 8.89. The minimum absolute atomic E-state index is 0. The maximum Gasteiger partial charge on any atom is 0.231 e. The van der Waals surface area contributed by atoms with E-state index < -0.39 is 0 Å². The highest BCUT2D eigenvalue weighted by Crippen LogP contribution is 2.32. The van der Waals surface area contributed by atoms with Gasteiger partial charge in [0.05, 0.1) is 6.54 Å². The number of hydrogen-bond donors (Lipinski definition) is 2. The van der Waals surface area contributed by atoms with Crippen LogP contribution in [0.15, 0.2) is 27.7 Å². The molecule has 0 spiro atoms. The molecule has 2 N–H and O–H groups in total. The zero-order valence-corrected chi connectivity index (χ0v) is 18.1. The number of ether oxygens (including phenoxy) is 2. The number of hydrogen-bond acceptors (Lipinski definition) is 6. The lowest BCUT2D eigenvalue weighted by atomic mass is 10.2. The van der Waals surface area contributed by atoms with Crippen molar-refractivity contribution in [3.8, 4) is 11.5 Å². The van der Waals surface area contributed by atoms with Gasteiger partial charge in [-0.2, -0.15) is 4.98 Å². The highest BCUT2D eigenvalue weighted by atomic mass is 127. The molecule has 0 saturated heterocycles. The second kappa shape index (κ2) is 10.3. The third-order valence-corrected chi connectivity index (χ3v) is 3.83. The standard InChI is InChI=1S/C18H25N5O3.HI/c1-4-19-18(20-8-7-16-22-17(12(2)3)23-26-16)21-10-13-5-6-14-15(9-13)25-11-24-14;/h5-6,9,12H,4,7-8,10-11H2,1-3H3,(H2,19,20,21);1H. The van der Waals surface area contributed by atoms with Gasteiger partial charge in [0.25, 0.3) is 0 Å². The summed E-state index contributed by atoms with van der Waals surface area (Å²) in [6.07, 6.45) is 0.647. The molecule has 148 valence electrons. The summed E-state index contributed by atoms with van der Waals surface area (Å²) in [5.74, 6) is 3.93. The summed E-state index contributed by atoms with van der Waals surface area (Å²) < 4.78 is 16.0. The second-order valence-corrected chi connectivity index (χ2v) is 6.26. The largest absolute Gasteiger partial charge is 0.454 e. The molecule has 0 aliphatic carbocycles. The molecule has 0 bridgehead atoms. The van der Waals surface area contributed by atoms with Gasteiger partial charge in [0.2, 0.25) is 12.7 Å². The van der Waals surface area contributed by atoms with Gasteiger partial charge in [0.1, 0.15) is 0 Å². The van der Waals surface area contributed by atoms with Crippen LogP contribution in [0.4, 0.5) is 0 Å². The summed E-state index contributed by atoms with van der Waals surface area (Å²) in [5.41, 5.74) is 1.06. The predicted molar refractivity (Wildman–Crippen MR) is 113 cm³/mol. The van der Waals surface area contributed by atoms with E-state index in [1.165, 1.54) is 0 Å². The van der Waals surface area contributed by atoms with Crippen LogP contribution in [0.2, 0.25) is 0 Å². The highest BCUT2D eigenvalue weighted by molar-refractivity contribution is 14.0. The number of nitrogens with zero attached hydrogens (tertiary/aromatic N) is 3. The third-order valence-electron chi connectivity index (χ3n) is 3.83. The molecule has 2 aromatic rings. The van der Waals surface area contributed by atoms with Gasteiger partial charge in [-0.25, -0.2) is 4.99 Å². The Bertz CT molecular complexity index is 763. The molecule has 1 aliphatic rings. The van der Waals surface area contributed by atoms with Crippen molar-refractivity contribution in [1.82, 2.24) is 20.8 Å². The third kappa shape index (κ3) is 5.98. The number of guanidine groups is 1. The predicted octanol–water partition coefficient (Wildman–Crippen LogP) is 2.84. The molecule has 0 radical (unpaired) electrons. The van der Waals surface area contributed by atoms with Crippen LogP contribution in [0.1, 0.15) is 44.0 Å². The minimum Gasteiger partial charge on any atom is -0.454 e. The Balaban J connectivity index is 0.00000261. The Morgan fingerprint density at radius 1 is 1.22 bits per heavy atom. The first-order valence-electron chi connectivity index (χ1n) is 8.89. The number of halogens is 1. The molecule has 0 amide bonds. The smallest absolute Gasteiger partial charge is 0.231 e. The van der Waals surface area contributed by atoms with Crippen molar-refractivity contribution < 1.29 is 14.0 Å². The van der Waals surface area contributed by atoms with Crippen LogP contribution < -0.4 is 20.1 Å². The summed E-state index contributed by atoms with van der Waals surface area (Å²) in [4.78, 5) is 8.98. The fourth-order valence-electron chi connectivity index (χ4n) is 2.44. The van der Waals surface area contributed by atoms with E-state index in [0.717, 1.165) is 35.4 Å². The van der Waals surface area contributed by atoms with E-state index in [9.17, 15) is 0 Å². The molecule has 1 aromatic heterocycles. The molecule has 9 heteroatoms. The monoisotopic (exact) mass is 487 g/mol. The Kier molecular flexibility index (Phi) is 8.14. The average Bonchev–Trinajstić information content (AvgIpc) is 3.28. The van der Waals surface area contributed by atoms with E-state index in [0.29, 0.717) is 25.4 Å². The van der Waals surface area contributed by atoms with Crippen LogP contribution in [-0.4, -0.2) is 36.0 Å². The SMILES string of the molecule is CCNC(=NCc1ccc2c(c1)OCO2)NCCc1nc(C(C)C)no1.I. The maximum absolute atomic E-state index is 5.40. The van der Waals surface area contributed by atoms with E-state index in [1.807, 2.05) is 39.0 Å². The number of fused-ring (bicyclic) bond motifs is 1. The maximum atomic E-state index is 5.40. The number of aliphatic imine (C=N–C) groups is 1. The Hall–Kier alpha value is -2.04. The van der Waals surface area contributed by atoms with Crippen molar-refractivity contribution in [2.75, 3.05) is 19.9 Å². The van der Waals surface area contributed by atoms with E-state index in [1.54, 1.807) is 0 Å². The summed E-state index contributed by atoms with van der Waals surface area (Å²) in [5, 5.41) is 10.5. The molecular formula is C18H26IN5O3. The second-order valence-electron chi connectivity index (χ2n) is 6.26. The topological polar surface area (TPSA) is 93.8 Å². The van der Waals surface area contributed by atoms with Gasteiger partial charge in [-0.1, -0.05) is 25.1 Å². The first-order chi connectivity index (χ1) is 12.7. The van der Waals surface area contributed by atoms with Crippen LogP contribution >= 0.6 is 24.0 Å². The lowest BCUT2D eigenvalue weighted by molar-refractivity contribution is 0.174. The molecule has 3 rings (SSSR count). The molecule has 1 aromatic carbocycles. The van der Waals surface area contributed by atoms with Crippen molar-refractivity contribution in [2.45, 2.75) is 39.7 Å². The Labute approximate surface area is 176 Å². The van der Waals surface area contributed by atoms with Crippen molar-refractivity contribution in [3.63, 3.8) is 0 Å². The molecule has 0 saturated carbocycles. The first kappa shape index (κ1) is 21.3. The molecular weight excluding hydrogens is 461 g/mol. The molecule has 27 heavy (non-hydrogen) atoms. The number of aromatic nitrogens is 2. The van der Waals surface area contributed by atoms with Gasteiger partial charge >= 0.3 is 0 Å². The van der Waals surface area contributed by atoms with E-state index in [2.05, 4.69) is 25.8 Å². The van der Waals surface area contributed by atoms with Gasteiger partial charge in [0.15, 0.2) is 23.3 Å². The Morgan fingerprint density at radius 3 is 2.78 bits per heavy atom. The zero-order chi connectivity index (χ0) is 18.4. The lowest BCUT2D eigenvalue weighted by Crippen LogP contribution is -2.38. The minimum atomic E-state index is 0. The fourth-order valence-corrected chi connectivity index (χ4v) is 2.44. The highest BCUT2D eigenvalue weighted by Gasteiger charge is 2.13. The molecule has 1 aliphatic heterocycles. The van der Waals surface area contributed by atoms with Crippen LogP contribution in [0.25, 0.3) is 0 Å². The lowest BCUT2D eigenvalue weighted by Gasteiger charge is -2.10. The van der Waals surface area contributed by atoms with Crippen molar-refractivity contribution >= 4 is 29.9 Å². The van der Waals surface area contributed by atoms with E-state index in [-0.39, 0.29) is 36.7 Å². The van der Waals surface area contributed by atoms with Gasteiger partial charge in [0, 0.05) is 25.4 Å². The number of benzene rings is 1. The van der Waals surface area contributed by atoms with Gasteiger partial charge < -0.3 is 24.6 Å². The number of rotatable bonds is 7. The van der Waals surface area contributed by atoms with Crippen LogP contribution in [-0.2, 0) is 13.0 Å². The number of nitrogens with one attached hydrogen (secondary N) is 2.